The van der Waals surface area contributed by atoms with Gasteiger partial charge in [0.1, 0.15) is 5.82 Å². The third kappa shape index (κ3) is 5.51. The molecule has 0 aromatic heterocycles. The Morgan fingerprint density at radius 3 is 2.75 bits per heavy atom. The van der Waals surface area contributed by atoms with Crippen LogP contribution in [0.5, 0.6) is 0 Å². The summed E-state index contributed by atoms with van der Waals surface area (Å²) in [6.45, 7) is 1.84. The third-order valence-electron chi connectivity index (χ3n) is 3.12. The fraction of sp³-hybridized carbons (Fsp3) is 0.533. The van der Waals surface area contributed by atoms with Gasteiger partial charge in [-0.15, -0.1) is 0 Å². The highest BCUT2D eigenvalue weighted by Gasteiger charge is 2.18. The van der Waals surface area contributed by atoms with Gasteiger partial charge in [-0.1, -0.05) is 25.1 Å². The molecule has 0 aliphatic rings. The van der Waals surface area contributed by atoms with Crippen LogP contribution >= 0.6 is 11.8 Å². The number of hydrogen-bond acceptors (Lipinski definition) is 3. The Labute approximate surface area is 124 Å². The van der Waals surface area contributed by atoms with E-state index in [2.05, 4.69) is 5.32 Å². The van der Waals surface area contributed by atoms with Crippen LogP contribution in [0, 0.1) is 11.7 Å². The normalized spacial score (nSPS) is 13.8. The molecule has 20 heavy (non-hydrogen) atoms. The van der Waals surface area contributed by atoms with Crippen molar-refractivity contribution >= 4 is 17.7 Å². The summed E-state index contributed by atoms with van der Waals surface area (Å²) in [4.78, 5) is 12.1. The van der Waals surface area contributed by atoms with Crippen LogP contribution in [-0.4, -0.2) is 35.7 Å². The van der Waals surface area contributed by atoms with E-state index >= 15 is 0 Å². The van der Waals surface area contributed by atoms with Gasteiger partial charge in [0.15, 0.2) is 0 Å². The minimum absolute atomic E-state index is 0.0365. The Hall–Kier alpha value is -1.07. The van der Waals surface area contributed by atoms with E-state index in [0.717, 1.165) is 5.75 Å². The Morgan fingerprint density at radius 2 is 2.15 bits per heavy atom. The van der Waals surface area contributed by atoms with Crippen LogP contribution in [0.15, 0.2) is 24.3 Å². The zero-order valence-corrected chi connectivity index (χ0v) is 12.8. The van der Waals surface area contributed by atoms with Crippen molar-refractivity contribution in [2.24, 2.45) is 5.92 Å². The predicted molar refractivity (Wildman–Crippen MR) is 81.3 cm³/mol. The number of carbonyl (C=O) groups excluding carboxylic acids is 1. The second-order valence-electron chi connectivity index (χ2n) is 4.87. The zero-order valence-electron chi connectivity index (χ0n) is 11.9. The second kappa shape index (κ2) is 8.97. The Bertz CT molecular complexity index is 422. The number of hydrogen-bond donors (Lipinski definition) is 2. The van der Waals surface area contributed by atoms with Crippen molar-refractivity contribution in [2.45, 2.75) is 25.8 Å². The minimum Gasteiger partial charge on any atom is -0.396 e. The second-order valence-corrected chi connectivity index (χ2v) is 5.78. The van der Waals surface area contributed by atoms with Gasteiger partial charge in [0, 0.05) is 24.3 Å². The van der Waals surface area contributed by atoms with Gasteiger partial charge in [0.2, 0.25) is 5.91 Å². The van der Waals surface area contributed by atoms with Crippen LogP contribution < -0.4 is 5.32 Å². The number of thioether (sulfide) groups is 1. The molecule has 1 aromatic rings. The highest BCUT2D eigenvalue weighted by molar-refractivity contribution is 7.98. The topological polar surface area (TPSA) is 49.3 Å². The largest absolute Gasteiger partial charge is 0.396 e. The average molecular weight is 299 g/mol. The van der Waals surface area contributed by atoms with Crippen molar-refractivity contribution < 1.29 is 14.3 Å². The first kappa shape index (κ1) is 17.0. The summed E-state index contributed by atoms with van der Waals surface area (Å²) in [6, 6.07) is 6.48. The molecule has 1 aromatic carbocycles. The van der Waals surface area contributed by atoms with Crippen LogP contribution in [-0.2, 0) is 11.2 Å². The molecule has 0 saturated heterocycles. The molecule has 2 atom stereocenters. The van der Waals surface area contributed by atoms with Crippen LogP contribution in [0.4, 0.5) is 4.39 Å². The zero-order chi connectivity index (χ0) is 15.0. The van der Waals surface area contributed by atoms with E-state index in [4.69, 9.17) is 5.11 Å². The Morgan fingerprint density at radius 1 is 1.45 bits per heavy atom. The molecule has 1 rings (SSSR count). The molecule has 2 N–H and O–H groups in total. The Kier molecular flexibility index (Phi) is 7.62. The van der Waals surface area contributed by atoms with Crippen molar-refractivity contribution in [1.29, 1.82) is 0 Å². The van der Waals surface area contributed by atoms with Crippen LogP contribution in [0.1, 0.15) is 18.9 Å². The third-order valence-corrected chi connectivity index (χ3v) is 3.86. The highest BCUT2D eigenvalue weighted by atomic mass is 32.2. The molecule has 112 valence electrons. The van der Waals surface area contributed by atoms with E-state index in [1.54, 1.807) is 36.9 Å². The number of nitrogens with one attached hydrogen (secondary N) is 1. The number of aliphatic hydroxyl groups is 1. The maximum absolute atomic E-state index is 13.5. The molecule has 3 nitrogen and oxygen atoms in total. The molecule has 5 heteroatoms. The summed E-state index contributed by atoms with van der Waals surface area (Å²) in [5, 5.41) is 11.9. The first-order valence-electron chi connectivity index (χ1n) is 6.72. The van der Waals surface area contributed by atoms with Crippen LogP contribution in [0.25, 0.3) is 0 Å². The van der Waals surface area contributed by atoms with E-state index in [9.17, 15) is 9.18 Å². The summed E-state index contributed by atoms with van der Waals surface area (Å²) in [5.41, 5.74) is 0.554. The lowest BCUT2D eigenvalue weighted by Gasteiger charge is -2.20. The molecule has 2 unspecified atom stereocenters. The number of aliphatic hydroxyl groups excluding tert-OH is 1. The molecule has 0 bridgehead atoms. The fourth-order valence-corrected chi connectivity index (χ4v) is 2.64. The number of benzene rings is 1. The highest BCUT2D eigenvalue weighted by Crippen LogP contribution is 2.13. The first-order chi connectivity index (χ1) is 9.58. The van der Waals surface area contributed by atoms with E-state index in [0.29, 0.717) is 18.4 Å². The maximum atomic E-state index is 13.5. The molecule has 0 fully saturated rings. The van der Waals surface area contributed by atoms with Crippen molar-refractivity contribution in [1.82, 2.24) is 5.32 Å². The molecule has 0 aliphatic carbocycles. The van der Waals surface area contributed by atoms with Gasteiger partial charge in [-0.3, -0.25) is 4.79 Å². The standard InChI is InChI=1S/C15H22FNO2S/c1-11(9-12-5-3-4-6-14(12)16)15(19)17-13(7-8-18)10-20-2/h3-6,11,13,18H,7-10H2,1-2H3,(H,17,19). The van der Waals surface area contributed by atoms with Gasteiger partial charge in [0.25, 0.3) is 0 Å². The fourth-order valence-electron chi connectivity index (χ4n) is 1.98. The van der Waals surface area contributed by atoms with Crippen LogP contribution in [0.3, 0.4) is 0 Å². The van der Waals surface area contributed by atoms with Crippen molar-refractivity contribution in [3.05, 3.63) is 35.6 Å². The molecular weight excluding hydrogens is 277 g/mol. The Balaban J connectivity index is 2.56. The summed E-state index contributed by atoms with van der Waals surface area (Å²) in [6.07, 6.45) is 2.88. The first-order valence-corrected chi connectivity index (χ1v) is 8.11. The molecule has 0 radical (unpaired) electrons. The maximum Gasteiger partial charge on any atom is 0.223 e. The lowest BCUT2D eigenvalue weighted by Crippen LogP contribution is -2.40. The SMILES string of the molecule is CSCC(CCO)NC(=O)C(C)Cc1ccccc1F. The molecule has 0 heterocycles. The lowest BCUT2D eigenvalue weighted by atomic mass is 9.99. The lowest BCUT2D eigenvalue weighted by molar-refractivity contribution is -0.125. The van der Waals surface area contributed by atoms with Gasteiger partial charge in [-0.25, -0.2) is 4.39 Å². The van der Waals surface area contributed by atoms with Gasteiger partial charge in [-0.2, -0.15) is 11.8 Å². The number of halogens is 1. The average Bonchev–Trinajstić information content (AvgIpc) is 2.41. The minimum atomic E-state index is -0.296. The summed E-state index contributed by atoms with van der Waals surface area (Å²) in [5.74, 6) is 0.0949. The van der Waals surface area contributed by atoms with Crippen molar-refractivity contribution in [3.63, 3.8) is 0 Å². The number of carbonyl (C=O) groups is 1. The molecule has 0 spiro atoms. The summed E-state index contributed by atoms with van der Waals surface area (Å²) < 4.78 is 13.5. The molecule has 0 aliphatic heterocycles. The predicted octanol–water partition coefficient (Wildman–Crippen LogP) is 2.23. The van der Waals surface area contributed by atoms with Gasteiger partial charge in [-0.05, 0) is 30.7 Å². The van der Waals surface area contributed by atoms with Gasteiger partial charge < -0.3 is 10.4 Å². The number of amides is 1. The monoisotopic (exact) mass is 299 g/mol. The van der Waals surface area contributed by atoms with Crippen molar-refractivity contribution in [3.8, 4) is 0 Å². The smallest absolute Gasteiger partial charge is 0.223 e. The van der Waals surface area contributed by atoms with Gasteiger partial charge in [0.05, 0.1) is 0 Å². The quantitative estimate of drug-likeness (QED) is 0.774. The van der Waals surface area contributed by atoms with E-state index in [1.807, 2.05) is 6.26 Å². The molecule has 0 saturated carbocycles. The number of rotatable bonds is 8. The summed E-state index contributed by atoms with van der Waals surface area (Å²) in [7, 11) is 0. The van der Waals surface area contributed by atoms with Crippen molar-refractivity contribution in [2.75, 3.05) is 18.6 Å². The van der Waals surface area contributed by atoms with E-state index in [-0.39, 0.29) is 30.3 Å². The van der Waals surface area contributed by atoms with Gasteiger partial charge >= 0.3 is 0 Å². The van der Waals surface area contributed by atoms with E-state index < -0.39 is 0 Å². The van der Waals surface area contributed by atoms with Crippen LogP contribution in [0.2, 0.25) is 0 Å². The van der Waals surface area contributed by atoms with E-state index in [1.165, 1.54) is 6.07 Å². The molecule has 1 amide bonds. The summed E-state index contributed by atoms with van der Waals surface area (Å²) >= 11 is 1.62. The molecular formula is C15H22FNO2S.